The van der Waals surface area contributed by atoms with Gasteiger partial charge in [-0.15, -0.1) is 0 Å². The van der Waals surface area contributed by atoms with E-state index in [-0.39, 0.29) is 0 Å². The molecule has 3 aliphatic heterocycles. The summed E-state index contributed by atoms with van der Waals surface area (Å²) >= 11 is 0. The van der Waals surface area contributed by atoms with Crippen molar-refractivity contribution in [1.82, 2.24) is 5.32 Å². The molecule has 3 rings (SSSR count). The SMILES string of the molecule is CC(=O)OC(OC(C)=O)[C@]12C=C[C@@H](O1)[C@H]1C(=O)NC(=O)[C@@H]12. The minimum Gasteiger partial charge on any atom is -0.422 e. The molecule has 0 aliphatic carbocycles. The third-order valence-corrected chi connectivity index (χ3v) is 3.83. The molecule has 2 saturated heterocycles. The summed E-state index contributed by atoms with van der Waals surface area (Å²) in [5, 5.41) is 2.23. The number of ether oxygens (including phenoxy) is 3. The van der Waals surface area contributed by atoms with Crippen molar-refractivity contribution in [3.05, 3.63) is 12.2 Å². The molecule has 0 radical (unpaired) electrons. The van der Waals surface area contributed by atoms with Crippen LogP contribution in [0, 0.1) is 11.8 Å². The minimum absolute atomic E-state index is 0.439. The van der Waals surface area contributed by atoms with Gasteiger partial charge in [0.15, 0.2) is 5.60 Å². The Bertz CT molecular complexity index is 567. The zero-order chi connectivity index (χ0) is 15.4. The third-order valence-electron chi connectivity index (χ3n) is 3.83. The van der Waals surface area contributed by atoms with Gasteiger partial charge in [-0.1, -0.05) is 6.08 Å². The summed E-state index contributed by atoms with van der Waals surface area (Å²) in [5.74, 6) is -3.93. The molecule has 2 bridgehead atoms. The van der Waals surface area contributed by atoms with Crippen molar-refractivity contribution < 1.29 is 33.4 Å². The molecule has 3 heterocycles. The van der Waals surface area contributed by atoms with Crippen LogP contribution in [0.4, 0.5) is 0 Å². The van der Waals surface area contributed by atoms with E-state index < -0.39 is 53.6 Å². The Morgan fingerprint density at radius 3 is 2.43 bits per heavy atom. The van der Waals surface area contributed by atoms with Gasteiger partial charge in [0.2, 0.25) is 11.8 Å². The van der Waals surface area contributed by atoms with Gasteiger partial charge < -0.3 is 14.2 Å². The number of imide groups is 1. The normalized spacial score (nSPS) is 35.9. The number of carbonyl (C=O) groups is 4. The van der Waals surface area contributed by atoms with Gasteiger partial charge in [-0.25, -0.2) is 0 Å². The molecule has 8 nitrogen and oxygen atoms in total. The number of nitrogens with one attached hydrogen (secondary N) is 1. The number of hydrogen-bond donors (Lipinski definition) is 1. The van der Waals surface area contributed by atoms with Gasteiger partial charge in [-0.3, -0.25) is 24.5 Å². The molecule has 0 aromatic rings. The van der Waals surface area contributed by atoms with E-state index in [9.17, 15) is 19.2 Å². The number of hydrogen-bond acceptors (Lipinski definition) is 7. The van der Waals surface area contributed by atoms with Crippen molar-refractivity contribution in [2.45, 2.75) is 31.8 Å². The van der Waals surface area contributed by atoms with Crippen LogP contribution in [0.2, 0.25) is 0 Å². The first kappa shape index (κ1) is 13.7. The summed E-state index contributed by atoms with van der Waals surface area (Å²) in [6.45, 7) is 2.30. The molecule has 0 spiro atoms. The van der Waals surface area contributed by atoms with Gasteiger partial charge in [0.1, 0.15) is 0 Å². The molecule has 2 amide bonds. The number of amides is 2. The van der Waals surface area contributed by atoms with Crippen molar-refractivity contribution in [3.8, 4) is 0 Å². The van der Waals surface area contributed by atoms with Crippen molar-refractivity contribution >= 4 is 23.8 Å². The third kappa shape index (κ3) is 1.86. The molecule has 3 aliphatic rings. The van der Waals surface area contributed by atoms with Crippen LogP contribution in [0.25, 0.3) is 0 Å². The Kier molecular flexibility index (Phi) is 2.87. The lowest BCUT2D eigenvalue weighted by Gasteiger charge is -2.34. The van der Waals surface area contributed by atoms with Gasteiger partial charge in [0.25, 0.3) is 6.29 Å². The van der Waals surface area contributed by atoms with Crippen LogP contribution >= 0.6 is 0 Å². The van der Waals surface area contributed by atoms with Crippen molar-refractivity contribution in [2.24, 2.45) is 11.8 Å². The van der Waals surface area contributed by atoms with Gasteiger partial charge in [-0.2, -0.15) is 0 Å². The number of carbonyl (C=O) groups excluding carboxylic acids is 4. The monoisotopic (exact) mass is 295 g/mol. The van der Waals surface area contributed by atoms with E-state index in [1.807, 2.05) is 0 Å². The van der Waals surface area contributed by atoms with E-state index >= 15 is 0 Å². The topological polar surface area (TPSA) is 108 Å². The van der Waals surface area contributed by atoms with E-state index in [4.69, 9.17) is 14.2 Å². The molecule has 21 heavy (non-hydrogen) atoms. The summed E-state index contributed by atoms with van der Waals surface area (Å²) in [6.07, 6.45) is 1.11. The van der Waals surface area contributed by atoms with Gasteiger partial charge in [0, 0.05) is 13.8 Å². The second kappa shape index (κ2) is 4.39. The predicted molar refractivity (Wildman–Crippen MR) is 64.2 cm³/mol. The fourth-order valence-corrected chi connectivity index (χ4v) is 3.14. The van der Waals surface area contributed by atoms with E-state index in [2.05, 4.69) is 5.32 Å². The first-order valence-corrected chi connectivity index (χ1v) is 6.41. The van der Waals surface area contributed by atoms with Crippen LogP contribution in [0.15, 0.2) is 12.2 Å². The van der Waals surface area contributed by atoms with Gasteiger partial charge in [0.05, 0.1) is 17.9 Å². The highest BCUT2D eigenvalue weighted by atomic mass is 16.7. The molecule has 1 N–H and O–H groups in total. The summed E-state index contributed by atoms with van der Waals surface area (Å²) in [4.78, 5) is 46.3. The average molecular weight is 295 g/mol. The maximum Gasteiger partial charge on any atom is 0.305 e. The number of fused-ring (bicyclic) bond motifs is 5. The molecule has 0 aromatic heterocycles. The summed E-state index contributed by atoms with van der Waals surface area (Å²) in [7, 11) is 0. The molecular formula is C13H13NO7. The molecule has 0 unspecified atom stereocenters. The highest BCUT2D eigenvalue weighted by Gasteiger charge is 2.70. The summed E-state index contributed by atoms with van der Waals surface area (Å²) in [5.41, 5.74) is -1.46. The van der Waals surface area contributed by atoms with E-state index in [1.54, 1.807) is 6.08 Å². The molecule has 0 saturated carbocycles. The summed E-state index contributed by atoms with van der Waals surface area (Å²) < 4.78 is 15.7. The maximum absolute atomic E-state index is 12.0. The predicted octanol–water partition coefficient (Wildman–Crippen LogP) is -0.965. The van der Waals surface area contributed by atoms with Crippen LogP contribution in [0.1, 0.15) is 13.8 Å². The van der Waals surface area contributed by atoms with Gasteiger partial charge in [-0.05, 0) is 6.08 Å². The second-order valence-corrected chi connectivity index (χ2v) is 5.20. The van der Waals surface area contributed by atoms with Crippen LogP contribution in [0.5, 0.6) is 0 Å². The lowest BCUT2D eigenvalue weighted by molar-refractivity contribution is -0.226. The lowest BCUT2D eigenvalue weighted by Crippen LogP contribution is -2.52. The quantitative estimate of drug-likeness (QED) is 0.309. The first-order chi connectivity index (χ1) is 9.85. The fourth-order valence-electron chi connectivity index (χ4n) is 3.14. The van der Waals surface area contributed by atoms with Crippen molar-refractivity contribution in [3.63, 3.8) is 0 Å². The standard InChI is InChI=1S/C13H13NO7/c1-5(15)19-12(20-6(2)16)13-4-3-7(21-13)8-9(13)11(18)14-10(8)17/h3-4,7-9,12H,1-2H3,(H,14,17,18)/t7-,8-,9-,13-/m1/s1. The highest BCUT2D eigenvalue weighted by molar-refractivity contribution is 6.07. The number of esters is 2. The zero-order valence-electron chi connectivity index (χ0n) is 11.3. The van der Waals surface area contributed by atoms with Crippen LogP contribution in [0.3, 0.4) is 0 Å². The maximum atomic E-state index is 12.0. The van der Waals surface area contributed by atoms with E-state index in [0.29, 0.717) is 0 Å². The van der Waals surface area contributed by atoms with E-state index in [1.165, 1.54) is 6.08 Å². The van der Waals surface area contributed by atoms with Crippen LogP contribution in [-0.4, -0.2) is 41.7 Å². The number of rotatable bonds is 3. The average Bonchev–Trinajstić information content (AvgIpc) is 3.00. The molecule has 112 valence electrons. The largest absolute Gasteiger partial charge is 0.422 e. The fraction of sp³-hybridized carbons (Fsp3) is 0.538. The Morgan fingerprint density at radius 2 is 1.86 bits per heavy atom. The van der Waals surface area contributed by atoms with Gasteiger partial charge >= 0.3 is 11.9 Å². The lowest BCUT2D eigenvalue weighted by atomic mass is 9.76. The Hall–Kier alpha value is -2.22. The van der Waals surface area contributed by atoms with Crippen molar-refractivity contribution in [1.29, 1.82) is 0 Å². The highest BCUT2D eigenvalue weighted by Crippen LogP contribution is 2.52. The van der Waals surface area contributed by atoms with Crippen molar-refractivity contribution in [2.75, 3.05) is 0 Å². The Morgan fingerprint density at radius 1 is 1.24 bits per heavy atom. The zero-order valence-corrected chi connectivity index (χ0v) is 11.3. The van der Waals surface area contributed by atoms with Crippen LogP contribution < -0.4 is 5.32 Å². The van der Waals surface area contributed by atoms with Crippen LogP contribution in [-0.2, 0) is 33.4 Å². The summed E-state index contributed by atoms with van der Waals surface area (Å²) in [6, 6.07) is 0. The van der Waals surface area contributed by atoms with E-state index in [0.717, 1.165) is 13.8 Å². The molecule has 0 aromatic carbocycles. The minimum atomic E-state index is -1.46. The Balaban J connectivity index is 1.99. The molecule has 8 heteroatoms. The molecule has 2 fully saturated rings. The first-order valence-electron chi connectivity index (χ1n) is 6.41. The molecule has 4 atom stereocenters. The smallest absolute Gasteiger partial charge is 0.305 e. The molecular weight excluding hydrogens is 282 g/mol. The Labute approximate surface area is 119 Å². The second-order valence-electron chi connectivity index (χ2n) is 5.20.